The summed E-state index contributed by atoms with van der Waals surface area (Å²) < 4.78 is 39.5. The summed E-state index contributed by atoms with van der Waals surface area (Å²) in [6.45, 7) is 2.74. The van der Waals surface area contributed by atoms with E-state index in [0.717, 1.165) is 90.1 Å². The molecule has 370 valence electrons. The van der Waals surface area contributed by atoms with Crippen molar-refractivity contribution in [1.82, 2.24) is 0 Å². The van der Waals surface area contributed by atoms with Gasteiger partial charge in [-0.2, -0.15) is 10.5 Å². The molecular weight excluding hydrogens is 929 g/mol. The highest BCUT2D eigenvalue weighted by molar-refractivity contribution is 5.98. The number of fused-ring (bicyclic) bond motifs is 10. The van der Waals surface area contributed by atoms with Crippen molar-refractivity contribution in [2.75, 3.05) is 84.0 Å². The van der Waals surface area contributed by atoms with Crippen LogP contribution in [-0.4, -0.2) is 79.3 Å². The molecule has 0 bridgehead atoms. The summed E-state index contributed by atoms with van der Waals surface area (Å²) in [5.74, 6) is 2.79. The van der Waals surface area contributed by atoms with Gasteiger partial charge >= 0.3 is 0 Å². The topological polar surface area (TPSA) is 139 Å². The lowest BCUT2D eigenvalue weighted by Crippen LogP contribution is -2.27. The highest BCUT2D eigenvalue weighted by Gasteiger charge is 2.52. The van der Waals surface area contributed by atoms with Crippen molar-refractivity contribution in [1.29, 1.82) is 10.5 Å². The Hall–Kier alpha value is -8.62. The summed E-state index contributed by atoms with van der Waals surface area (Å²) >= 11 is 0. The summed E-state index contributed by atoms with van der Waals surface area (Å²) in [7, 11) is 4.95. The normalized spacial score (nSPS) is 12.2. The first-order valence-electron chi connectivity index (χ1n) is 24.4. The van der Waals surface area contributed by atoms with Crippen LogP contribution in [0.5, 0.6) is 23.0 Å². The first kappa shape index (κ1) is 49.0. The Morgan fingerprint density at radius 3 is 0.946 bits per heavy atom. The zero-order chi connectivity index (χ0) is 51.0. The Labute approximate surface area is 431 Å². The lowest BCUT2D eigenvalue weighted by atomic mass is 9.70. The average molecular weight is 983 g/mol. The van der Waals surface area contributed by atoms with E-state index in [1.807, 2.05) is 133 Å². The third kappa shape index (κ3) is 9.35. The molecule has 12 nitrogen and oxygen atoms in total. The molecule has 0 atom stereocenters. The van der Waals surface area contributed by atoms with Crippen molar-refractivity contribution in [3.8, 4) is 57.4 Å². The van der Waals surface area contributed by atoms with E-state index in [1.165, 1.54) is 0 Å². The van der Waals surface area contributed by atoms with Crippen molar-refractivity contribution >= 4 is 34.1 Å². The van der Waals surface area contributed by atoms with Crippen molar-refractivity contribution in [2.45, 2.75) is 5.41 Å². The molecule has 8 aromatic rings. The van der Waals surface area contributed by atoms with Crippen molar-refractivity contribution < 1.29 is 38.3 Å². The number of aliphatic hydroxyl groups is 1. The number of ether oxygens (including phenoxy) is 7. The van der Waals surface area contributed by atoms with Crippen LogP contribution >= 0.6 is 0 Å². The van der Waals surface area contributed by atoms with Gasteiger partial charge in [0.2, 0.25) is 0 Å². The van der Waals surface area contributed by atoms with Crippen LogP contribution in [0.3, 0.4) is 0 Å². The molecule has 0 aliphatic heterocycles. The SMILES string of the molecule is COCCOc1ccc(N(c2ccc(OCCO)cc2)c2ccc3c(c2)C2(c4cc(C#N)ccc4-c4ccc(C#N)cc42)c2cc(N(c4ccc(OCCOC)cc4)c4ccc(OCCOC)cc4)ccc2-3)cc1. The molecule has 2 aliphatic rings. The van der Waals surface area contributed by atoms with E-state index in [0.29, 0.717) is 62.3 Å². The molecule has 0 aromatic heterocycles. The third-order valence-corrected chi connectivity index (χ3v) is 13.4. The Morgan fingerprint density at radius 1 is 0.365 bits per heavy atom. The van der Waals surface area contributed by atoms with Gasteiger partial charge in [-0.05, 0) is 190 Å². The molecule has 0 saturated carbocycles. The maximum Gasteiger partial charge on any atom is 0.119 e. The number of aliphatic hydroxyl groups excluding tert-OH is 1. The van der Waals surface area contributed by atoms with Crippen LogP contribution in [0, 0.1) is 22.7 Å². The Balaban J connectivity index is 1.19. The van der Waals surface area contributed by atoms with Gasteiger partial charge in [0.15, 0.2) is 0 Å². The van der Waals surface area contributed by atoms with Crippen LogP contribution in [0.4, 0.5) is 34.1 Å². The Morgan fingerprint density at radius 2 is 0.649 bits per heavy atom. The molecule has 0 radical (unpaired) electrons. The number of nitrogens with zero attached hydrogens (tertiary/aromatic N) is 4. The minimum atomic E-state index is -0.989. The van der Waals surface area contributed by atoms with E-state index in [1.54, 1.807) is 21.3 Å². The zero-order valence-corrected chi connectivity index (χ0v) is 41.4. The molecule has 0 fully saturated rings. The molecule has 1 spiro atoms. The monoisotopic (exact) mass is 982 g/mol. The largest absolute Gasteiger partial charge is 0.491 e. The molecule has 0 heterocycles. The zero-order valence-electron chi connectivity index (χ0n) is 41.4. The summed E-state index contributed by atoms with van der Waals surface area (Å²) in [4.78, 5) is 4.41. The highest BCUT2D eigenvalue weighted by atomic mass is 16.5. The number of benzene rings is 8. The van der Waals surface area contributed by atoms with Crippen molar-refractivity contribution in [3.05, 3.63) is 203 Å². The molecule has 10 rings (SSSR count). The van der Waals surface area contributed by atoms with E-state index < -0.39 is 5.41 Å². The van der Waals surface area contributed by atoms with E-state index in [-0.39, 0.29) is 13.2 Å². The number of rotatable bonds is 21. The second-order valence-corrected chi connectivity index (χ2v) is 17.7. The quantitative estimate of drug-likeness (QED) is 0.0686. The van der Waals surface area contributed by atoms with Gasteiger partial charge in [0.1, 0.15) is 49.4 Å². The summed E-state index contributed by atoms with van der Waals surface area (Å²) in [6.07, 6.45) is 0. The molecule has 74 heavy (non-hydrogen) atoms. The first-order chi connectivity index (χ1) is 36.4. The van der Waals surface area contributed by atoms with Gasteiger partial charge in [-0.1, -0.05) is 24.3 Å². The standard InChI is InChI=1S/C62H54N4O8/c1-68-30-33-72-51-18-8-45(9-19-51)65(44-6-16-50(17-7-44)71-29-28-67)48-14-26-56-57-27-15-49(66(46-10-20-52(21-11-46)73-34-31-69-2)47-12-22-53(23-13-47)74-35-32-70-3)39-61(57)62(60(56)38-48)58-36-42(40-63)4-24-54(58)55-25-5-43(41-64)37-59(55)62/h4-27,36-39,67H,28-35H2,1-3H3. The van der Waals surface area contributed by atoms with Gasteiger partial charge < -0.3 is 48.1 Å². The van der Waals surface area contributed by atoms with E-state index >= 15 is 0 Å². The van der Waals surface area contributed by atoms with Gasteiger partial charge in [-0.25, -0.2) is 0 Å². The van der Waals surface area contributed by atoms with Crippen LogP contribution in [0.15, 0.2) is 170 Å². The fourth-order valence-electron chi connectivity index (χ4n) is 10.2. The van der Waals surface area contributed by atoms with Crippen LogP contribution in [0.1, 0.15) is 33.4 Å². The third-order valence-electron chi connectivity index (χ3n) is 13.4. The van der Waals surface area contributed by atoms with Crippen molar-refractivity contribution in [2.24, 2.45) is 0 Å². The van der Waals surface area contributed by atoms with Gasteiger partial charge in [0.25, 0.3) is 0 Å². The van der Waals surface area contributed by atoms with Gasteiger partial charge in [-0.15, -0.1) is 0 Å². The fourth-order valence-corrected chi connectivity index (χ4v) is 10.2. The van der Waals surface area contributed by atoms with E-state index in [2.05, 4.69) is 58.3 Å². The predicted molar refractivity (Wildman–Crippen MR) is 286 cm³/mol. The van der Waals surface area contributed by atoms with Gasteiger partial charge in [-0.3, -0.25) is 0 Å². The number of nitriles is 2. The van der Waals surface area contributed by atoms with Crippen LogP contribution in [0.2, 0.25) is 0 Å². The predicted octanol–water partition coefficient (Wildman–Crippen LogP) is 12.2. The van der Waals surface area contributed by atoms with Crippen LogP contribution < -0.4 is 28.7 Å². The maximum atomic E-state index is 10.6. The minimum Gasteiger partial charge on any atom is -0.491 e. The fraction of sp³-hybridized carbons (Fsp3) is 0.194. The lowest BCUT2D eigenvalue weighted by Gasteiger charge is -2.33. The molecule has 8 aromatic carbocycles. The molecule has 0 amide bonds. The van der Waals surface area contributed by atoms with E-state index in [9.17, 15) is 15.6 Å². The maximum absolute atomic E-state index is 10.6. The molecule has 0 saturated heterocycles. The van der Waals surface area contributed by atoms with Crippen molar-refractivity contribution in [3.63, 3.8) is 0 Å². The molecule has 1 N–H and O–H groups in total. The van der Waals surface area contributed by atoms with Gasteiger partial charge in [0, 0.05) is 55.5 Å². The molecule has 12 heteroatoms. The van der Waals surface area contributed by atoms with Crippen LogP contribution in [0.25, 0.3) is 22.3 Å². The minimum absolute atomic E-state index is 0.0973. The molecular formula is C62H54N4O8. The number of hydrogen-bond donors (Lipinski definition) is 1. The number of anilines is 6. The number of methoxy groups -OCH3 is 3. The second kappa shape index (κ2) is 22.0. The van der Waals surface area contributed by atoms with Crippen LogP contribution in [-0.2, 0) is 19.6 Å². The summed E-state index contributed by atoms with van der Waals surface area (Å²) in [5.41, 5.74) is 13.3. The molecule has 0 unspecified atom stereocenters. The first-order valence-corrected chi connectivity index (χ1v) is 24.4. The lowest BCUT2D eigenvalue weighted by molar-refractivity contribution is 0.146. The highest BCUT2D eigenvalue weighted by Crippen LogP contribution is 2.64. The average Bonchev–Trinajstić information content (AvgIpc) is 3.90. The summed E-state index contributed by atoms with van der Waals surface area (Å²) in [6, 6.07) is 61.8. The smallest absolute Gasteiger partial charge is 0.119 e. The number of hydrogen-bond acceptors (Lipinski definition) is 12. The van der Waals surface area contributed by atoms with Gasteiger partial charge in [0.05, 0.1) is 55.1 Å². The summed E-state index contributed by atoms with van der Waals surface area (Å²) in [5, 5.41) is 30.6. The Kier molecular flexibility index (Phi) is 14.6. The second-order valence-electron chi connectivity index (χ2n) is 17.7. The molecule has 2 aliphatic carbocycles. The van der Waals surface area contributed by atoms with E-state index in [4.69, 9.17) is 33.2 Å². The Bertz CT molecular complexity index is 3230.